The minimum atomic E-state index is -1.28. The summed E-state index contributed by atoms with van der Waals surface area (Å²) >= 11 is 5.98. The molecule has 2 N–H and O–H groups in total. The molecule has 0 aliphatic carbocycles. The van der Waals surface area contributed by atoms with Gasteiger partial charge in [0.2, 0.25) is 6.04 Å². The Kier molecular flexibility index (Phi) is 7.25. The number of nitrogens with zero attached hydrogens (tertiary/aromatic N) is 2. The normalized spacial score (nSPS) is 12.0. The van der Waals surface area contributed by atoms with Crippen molar-refractivity contribution < 1.29 is 19.4 Å². The number of halogens is 1. The first kappa shape index (κ1) is 19.6. The van der Waals surface area contributed by atoms with Crippen molar-refractivity contribution in [3.05, 3.63) is 53.6 Å². The van der Waals surface area contributed by atoms with E-state index in [1.165, 1.54) is 6.92 Å². The van der Waals surface area contributed by atoms with E-state index in [0.29, 0.717) is 22.1 Å². The number of nitrogens with one attached hydrogen (secondary N) is 1. The Morgan fingerprint density at radius 3 is 2.50 bits per heavy atom. The molecule has 2 aromatic rings. The molecular formula is C18H18ClN3O4. The summed E-state index contributed by atoms with van der Waals surface area (Å²) in [6.07, 6.45) is 0. The van der Waals surface area contributed by atoms with Gasteiger partial charge in [0.1, 0.15) is 18.0 Å². The SMILES string of the molecule is CC(=O)C(N=Nc1ccccc1Cl)C(=O)Nc1ccc(OCCO)cc1. The molecular weight excluding hydrogens is 358 g/mol. The Morgan fingerprint density at radius 1 is 1.19 bits per heavy atom. The highest BCUT2D eigenvalue weighted by Gasteiger charge is 2.23. The number of hydrogen-bond acceptors (Lipinski definition) is 6. The van der Waals surface area contributed by atoms with Crippen molar-refractivity contribution in [2.75, 3.05) is 18.5 Å². The monoisotopic (exact) mass is 375 g/mol. The zero-order valence-corrected chi connectivity index (χ0v) is 14.8. The highest BCUT2D eigenvalue weighted by molar-refractivity contribution is 6.32. The second-order valence-corrected chi connectivity index (χ2v) is 5.67. The molecule has 0 fully saturated rings. The summed E-state index contributed by atoms with van der Waals surface area (Å²) in [4.78, 5) is 24.1. The van der Waals surface area contributed by atoms with Gasteiger partial charge in [0.05, 0.1) is 11.6 Å². The van der Waals surface area contributed by atoms with E-state index in [0.717, 1.165) is 0 Å². The Balaban J connectivity index is 2.06. The average Bonchev–Trinajstić information content (AvgIpc) is 2.62. The van der Waals surface area contributed by atoms with Crippen LogP contribution in [0.4, 0.5) is 11.4 Å². The van der Waals surface area contributed by atoms with Crippen LogP contribution in [0.25, 0.3) is 0 Å². The van der Waals surface area contributed by atoms with Gasteiger partial charge in [-0.25, -0.2) is 0 Å². The Labute approximate surface area is 155 Å². The van der Waals surface area contributed by atoms with Crippen molar-refractivity contribution in [3.63, 3.8) is 0 Å². The lowest BCUT2D eigenvalue weighted by Crippen LogP contribution is -2.31. The topological polar surface area (TPSA) is 100 Å². The third-order valence-electron chi connectivity index (χ3n) is 3.25. The van der Waals surface area contributed by atoms with Gasteiger partial charge in [0.15, 0.2) is 5.78 Å². The first-order valence-electron chi connectivity index (χ1n) is 7.81. The Morgan fingerprint density at radius 2 is 1.88 bits per heavy atom. The maximum Gasteiger partial charge on any atom is 0.258 e. The van der Waals surface area contributed by atoms with E-state index in [-0.39, 0.29) is 13.2 Å². The second-order valence-electron chi connectivity index (χ2n) is 5.27. The van der Waals surface area contributed by atoms with Gasteiger partial charge in [-0.05, 0) is 43.3 Å². The summed E-state index contributed by atoms with van der Waals surface area (Å²) in [6, 6.07) is 12.0. The van der Waals surface area contributed by atoms with Gasteiger partial charge in [-0.3, -0.25) is 9.59 Å². The van der Waals surface area contributed by atoms with Crippen LogP contribution in [0.15, 0.2) is 58.8 Å². The summed E-state index contributed by atoms with van der Waals surface area (Å²) in [7, 11) is 0. The first-order chi connectivity index (χ1) is 12.5. The highest BCUT2D eigenvalue weighted by atomic mass is 35.5. The van der Waals surface area contributed by atoms with E-state index in [1.807, 2.05) is 0 Å². The number of carbonyl (C=O) groups is 2. The molecule has 7 nitrogen and oxygen atoms in total. The van der Waals surface area contributed by atoms with Gasteiger partial charge in [-0.15, -0.1) is 0 Å². The quantitative estimate of drug-likeness (QED) is 0.545. The van der Waals surface area contributed by atoms with Gasteiger partial charge in [-0.1, -0.05) is 23.7 Å². The number of aliphatic hydroxyl groups excluding tert-OH is 1. The van der Waals surface area contributed by atoms with Crippen LogP contribution in [0.1, 0.15) is 6.92 Å². The van der Waals surface area contributed by atoms with E-state index in [2.05, 4.69) is 15.5 Å². The largest absolute Gasteiger partial charge is 0.491 e. The van der Waals surface area contributed by atoms with Crippen molar-refractivity contribution in [3.8, 4) is 5.75 Å². The van der Waals surface area contributed by atoms with Crippen LogP contribution in [0.5, 0.6) is 5.75 Å². The molecule has 136 valence electrons. The van der Waals surface area contributed by atoms with Crippen LogP contribution in [0.3, 0.4) is 0 Å². The molecule has 0 bridgehead atoms. The lowest BCUT2D eigenvalue weighted by molar-refractivity contribution is -0.126. The second kappa shape index (κ2) is 9.65. The van der Waals surface area contributed by atoms with E-state index < -0.39 is 17.7 Å². The minimum absolute atomic E-state index is 0.0881. The van der Waals surface area contributed by atoms with Crippen molar-refractivity contribution >= 4 is 34.7 Å². The van der Waals surface area contributed by atoms with Crippen molar-refractivity contribution in [1.29, 1.82) is 0 Å². The molecule has 0 heterocycles. The van der Waals surface area contributed by atoms with Gasteiger partial charge >= 0.3 is 0 Å². The lowest BCUT2D eigenvalue weighted by Gasteiger charge is -2.10. The van der Waals surface area contributed by atoms with E-state index in [4.69, 9.17) is 21.4 Å². The van der Waals surface area contributed by atoms with Crippen LogP contribution >= 0.6 is 11.6 Å². The van der Waals surface area contributed by atoms with Gasteiger partial charge < -0.3 is 15.2 Å². The van der Waals surface area contributed by atoms with Gasteiger partial charge in [0.25, 0.3) is 5.91 Å². The van der Waals surface area contributed by atoms with Gasteiger partial charge in [-0.2, -0.15) is 10.2 Å². The third kappa shape index (κ3) is 5.65. The van der Waals surface area contributed by atoms with Gasteiger partial charge in [0, 0.05) is 5.69 Å². The van der Waals surface area contributed by atoms with Crippen molar-refractivity contribution in [2.45, 2.75) is 13.0 Å². The zero-order valence-electron chi connectivity index (χ0n) is 14.1. The number of amides is 1. The number of azo groups is 1. The molecule has 0 radical (unpaired) electrons. The fourth-order valence-corrected chi connectivity index (χ4v) is 2.15. The number of carbonyl (C=O) groups excluding carboxylic acids is 2. The zero-order chi connectivity index (χ0) is 18.9. The van der Waals surface area contributed by atoms with E-state index in [1.54, 1.807) is 48.5 Å². The predicted octanol–water partition coefficient (Wildman–Crippen LogP) is 3.39. The Bertz CT molecular complexity index is 793. The number of aliphatic hydroxyl groups is 1. The number of rotatable bonds is 8. The highest BCUT2D eigenvalue weighted by Crippen LogP contribution is 2.24. The van der Waals surface area contributed by atoms with Crippen molar-refractivity contribution in [2.24, 2.45) is 10.2 Å². The molecule has 0 aliphatic heterocycles. The average molecular weight is 376 g/mol. The number of anilines is 1. The standard InChI is InChI=1S/C18H18ClN3O4/c1-12(24)17(22-21-16-5-3-2-4-15(16)19)18(25)20-13-6-8-14(9-7-13)26-11-10-23/h2-9,17,23H,10-11H2,1H3,(H,20,25). The number of ketones is 1. The molecule has 0 spiro atoms. The summed E-state index contributed by atoms with van der Waals surface area (Å²) in [5.41, 5.74) is 0.851. The van der Waals surface area contributed by atoms with E-state index in [9.17, 15) is 9.59 Å². The smallest absolute Gasteiger partial charge is 0.258 e. The molecule has 0 saturated heterocycles. The number of Topliss-reactive ketones (excluding diaryl/α,β-unsaturated/α-hetero) is 1. The van der Waals surface area contributed by atoms with Crippen LogP contribution in [0.2, 0.25) is 5.02 Å². The molecule has 0 saturated carbocycles. The van der Waals surface area contributed by atoms with Crippen LogP contribution in [0, 0.1) is 0 Å². The molecule has 2 rings (SSSR count). The van der Waals surface area contributed by atoms with Crippen LogP contribution in [-0.4, -0.2) is 36.1 Å². The predicted molar refractivity (Wildman–Crippen MR) is 98.1 cm³/mol. The number of ether oxygens (including phenoxy) is 1. The minimum Gasteiger partial charge on any atom is -0.491 e. The summed E-state index contributed by atoms with van der Waals surface area (Å²) in [5.74, 6) is -0.489. The molecule has 1 atom stereocenters. The molecule has 1 amide bonds. The molecule has 8 heteroatoms. The van der Waals surface area contributed by atoms with Crippen molar-refractivity contribution in [1.82, 2.24) is 0 Å². The maximum absolute atomic E-state index is 12.3. The van der Waals surface area contributed by atoms with E-state index >= 15 is 0 Å². The summed E-state index contributed by atoms with van der Waals surface area (Å²) in [5, 5.41) is 19.4. The molecule has 2 aromatic carbocycles. The molecule has 0 aliphatic rings. The summed E-state index contributed by atoms with van der Waals surface area (Å²) < 4.78 is 5.24. The fraction of sp³-hybridized carbons (Fsp3) is 0.222. The van der Waals surface area contributed by atoms with Crippen LogP contribution in [-0.2, 0) is 9.59 Å². The number of benzene rings is 2. The fourth-order valence-electron chi connectivity index (χ4n) is 1.98. The summed E-state index contributed by atoms with van der Waals surface area (Å²) in [6.45, 7) is 1.36. The first-order valence-corrected chi connectivity index (χ1v) is 8.19. The molecule has 26 heavy (non-hydrogen) atoms. The molecule has 1 unspecified atom stereocenters. The lowest BCUT2D eigenvalue weighted by atomic mass is 10.2. The number of hydrogen-bond donors (Lipinski definition) is 2. The maximum atomic E-state index is 12.3. The third-order valence-corrected chi connectivity index (χ3v) is 3.57. The Hall–Kier alpha value is -2.77. The molecule has 0 aromatic heterocycles. The van der Waals surface area contributed by atoms with Crippen LogP contribution < -0.4 is 10.1 Å².